The Labute approximate surface area is 170 Å². The first kappa shape index (κ1) is 18.9. The minimum absolute atomic E-state index is 0.0346. The highest BCUT2D eigenvalue weighted by Crippen LogP contribution is 2.40. The molecule has 144 valence electrons. The number of nitrogens with one attached hydrogen (secondary N) is 1. The van der Waals surface area contributed by atoms with E-state index in [2.05, 4.69) is 39.6 Å². The van der Waals surface area contributed by atoms with Crippen molar-refractivity contribution in [3.63, 3.8) is 0 Å². The van der Waals surface area contributed by atoms with E-state index in [0.29, 0.717) is 22.7 Å². The highest BCUT2D eigenvalue weighted by atomic mass is 35.5. The van der Waals surface area contributed by atoms with E-state index in [1.54, 1.807) is 18.3 Å². The number of fused-ring (bicyclic) bond motifs is 1. The number of aromatic nitrogens is 2. The van der Waals surface area contributed by atoms with Gasteiger partial charge in [-0.3, -0.25) is 9.78 Å². The van der Waals surface area contributed by atoms with E-state index >= 15 is 0 Å². The molecule has 4 nitrogen and oxygen atoms in total. The number of halogens is 1. The average Bonchev–Trinajstić information content (AvgIpc) is 2.74. The Kier molecular flexibility index (Phi) is 5.58. The summed E-state index contributed by atoms with van der Waals surface area (Å²) in [5.74, 6) is 1.49. The van der Waals surface area contributed by atoms with Gasteiger partial charge < -0.3 is 5.32 Å². The summed E-state index contributed by atoms with van der Waals surface area (Å²) in [6, 6.07) is 14.0. The molecule has 1 aliphatic rings. The molecule has 1 aromatic carbocycles. The number of rotatable bonds is 4. The number of carbonyl (C=O) groups is 1. The van der Waals surface area contributed by atoms with Gasteiger partial charge in [0.2, 0.25) is 5.91 Å². The highest BCUT2D eigenvalue weighted by Gasteiger charge is 2.30. The van der Waals surface area contributed by atoms with Crippen molar-refractivity contribution < 1.29 is 4.79 Å². The van der Waals surface area contributed by atoms with E-state index in [4.69, 9.17) is 11.6 Å². The fourth-order valence-corrected chi connectivity index (χ4v) is 4.42. The molecule has 1 saturated carbocycles. The summed E-state index contributed by atoms with van der Waals surface area (Å²) in [5, 5.41) is 4.74. The Morgan fingerprint density at radius 2 is 1.86 bits per heavy atom. The summed E-state index contributed by atoms with van der Waals surface area (Å²) in [6.07, 6.45) is 7.80. The van der Waals surface area contributed by atoms with Crippen molar-refractivity contribution in [2.75, 3.05) is 5.32 Å². The number of nitrogens with zero attached hydrogens (tertiary/aromatic N) is 2. The SMILES string of the molecule is C[C@@H](C(=O)Nc1ccc(Cl)cn1)[C@H]1CC[C@@H](c2ccnc3ccccc32)CC1. The zero-order valence-corrected chi connectivity index (χ0v) is 16.7. The van der Waals surface area contributed by atoms with Gasteiger partial charge in [0.05, 0.1) is 10.5 Å². The third-order valence-electron chi connectivity index (χ3n) is 5.99. The van der Waals surface area contributed by atoms with Gasteiger partial charge in [-0.05, 0) is 67.3 Å². The van der Waals surface area contributed by atoms with Crippen LogP contribution in [0, 0.1) is 11.8 Å². The number of amides is 1. The van der Waals surface area contributed by atoms with Gasteiger partial charge in [-0.15, -0.1) is 0 Å². The van der Waals surface area contributed by atoms with Gasteiger partial charge in [0, 0.05) is 23.7 Å². The molecular weight excluding hydrogens is 370 g/mol. The Bertz CT molecular complexity index is 960. The summed E-state index contributed by atoms with van der Waals surface area (Å²) in [7, 11) is 0. The van der Waals surface area contributed by atoms with Crippen molar-refractivity contribution in [2.45, 2.75) is 38.5 Å². The number of hydrogen-bond donors (Lipinski definition) is 1. The molecule has 2 aromatic heterocycles. The lowest BCUT2D eigenvalue weighted by Gasteiger charge is -2.32. The molecule has 28 heavy (non-hydrogen) atoms. The molecule has 1 atom stereocenters. The Morgan fingerprint density at radius 3 is 2.61 bits per heavy atom. The summed E-state index contributed by atoms with van der Waals surface area (Å²) in [5.41, 5.74) is 2.46. The summed E-state index contributed by atoms with van der Waals surface area (Å²) >= 11 is 5.85. The normalized spacial score (nSPS) is 20.6. The van der Waals surface area contributed by atoms with Gasteiger partial charge in [-0.1, -0.05) is 36.7 Å². The first-order chi connectivity index (χ1) is 13.6. The van der Waals surface area contributed by atoms with Gasteiger partial charge in [0.15, 0.2) is 0 Å². The molecule has 2 heterocycles. The summed E-state index contributed by atoms with van der Waals surface area (Å²) < 4.78 is 0. The lowest BCUT2D eigenvalue weighted by atomic mass is 9.73. The summed E-state index contributed by atoms with van der Waals surface area (Å²) in [6.45, 7) is 2.03. The predicted molar refractivity (Wildman–Crippen MR) is 113 cm³/mol. The first-order valence-electron chi connectivity index (χ1n) is 9.88. The lowest BCUT2D eigenvalue weighted by Crippen LogP contribution is -2.29. The van der Waals surface area contributed by atoms with Crippen molar-refractivity contribution in [3.05, 3.63) is 65.4 Å². The molecule has 1 fully saturated rings. The highest BCUT2D eigenvalue weighted by molar-refractivity contribution is 6.30. The maximum Gasteiger partial charge on any atom is 0.228 e. The smallest absolute Gasteiger partial charge is 0.228 e. The van der Waals surface area contributed by atoms with E-state index in [-0.39, 0.29) is 11.8 Å². The number of pyridine rings is 2. The largest absolute Gasteiger partial charge is 0.310 e. The molecule has 0 unspecified atom stereocenters. The van der Waals surface area contributed by atoms with Gasteiger partial charge in [0.25, 0.3) is 0 Å². The van der Waals surface area contributed by atoms with Crippen molar-refractivity contribution in [2.24, 2.45) is 11.8 Å². The maximum atomic E-state index is 12.6. The molecule has 0 bridgehead atoms. The van der Waals surface area contributed by atoms with Crippen LogP contribution in [0.3, 0.4) is 0 Å². The standard InChI is InChI=1S/C23H24ClN3O/c1-15(23(28)27-22-11-10-18(24)14-26-22)16-6-8-17(9-7-16)19-12-13-25-21-5-3-2-4-20(19)21/h2-5,10-17H,6-9H2,1H3,(H,26,27,28)/t15-,16-,17+/m1/s1. The van der Waals surface area contributed by atoms with Crippen LogP contribution in [0.15, 0.2) is 54.9 Å². The quantitative estimate of drug-likeness (QED) is 0.606. The van der Waals surface area contributed by atoms with Gasteiger partial charge in [-0.25, -0.2) is 4.98 Å². The Morgan fingerprint density at radius 1 is 1.07 bits per heavy atom. The fourth-order valence-electron chi connectivity index (χ4n) is 4.31. The molecular formula is C23H24ClN3O. The zero-order valence-electron chi connectivity index (χ0n) is 15.9. The first-order valence-corrected chi connectivity index (χ1v) is 10.3. The van der Waals surface area contributed by atoms with E-state index in [1.807, 2.05) is 19.2 Å². The van der Waals surface area contributed by atoms with Crippen LogP contribution < -0.4 is 5.32 Å². The molecule has 0 aliphatic heterocycles. The molecule has 1 N–H and O–H groups in total. The minimum atomic E-state index is -0.0346. The van der Waals surface area contributed by atoms with E-state index < -0.39 is 0 Å². The van der Waals surface area contributed by atoms with Crippen molar-refractivity contribution >= 4 is 34.2 Å². The second kappa shape index (κ2) is 8.27. The number of para-hydroxylation sites is 1. The van der Waals surface area contributed by atoms with Crippen LogP contribution in [-0.2, 0) is 4.79 Å². The predicted octanol–water partition coefficient (Wildman–Crippen LogP) is 5.83. The van der Waals surface area contributed by atoms with Crippen LogP contribution in [0.5, 0.6) is 0 Å². The third kappa shape index (κ3) is 4.02. The van der Waals surface area contributed by atoms with Crippen LogP contribution in [-0.4, -0.2) is 15.9 Å². The second-order valence-corrected chi connectivity index (χ2v) is 8.11. The monoisotopic (exact) mass is 393 g/mol. The van der Waals surface area contributed by atoms with Crippen LogP contribution in [0.25, 0.3) is 10.9 Å². The topological polar surface area (TPSA) is 54.9 Å². The molecule has 3 aromatic rings. The molecule has 0 spiro atoms. The number of benzene rings is 1. The maximum absolute atomic E-state index is 12.6. The fraction of sp³-hybridized carbons (Fsp3) is 0.348. The van der Waals surface area contributed by atoms with Gasteiger partial charge >= 0.3 is 0 Å². The van der Waals surface area contributed by atoms with Crippen LogP contribution in [0.2, 0.25) is 5.02 Å². The van der Waals surface area contributed by atoms with Crippen molar-refractivity contribution in [3.8, 4) is 0 Å². The van der Waals surface area contributed by atoms with Crippen LogP contribution >= 0.6 is 11.6 Å². The number of carbonyl (C=O) groups excluding carboxylic acids is 1. The number of hydrogen-bond acceptors (Lipinski definition) is 3. The lowest BCUT2D eigenvalue weighted by molar-refractivity contribution is -0.121. The van der Waals surface area contributed by atoms with Gasteiger partial charge in [-0.2, -0.15) is 0 Å². The molecule has 0 saturated heterocycles. The third-order valence-corrected chi connectivity index (χ3v) is 6.22. The molecule has 1 amide bonds. The molecule has 5 heteroatoms. The molecule has 1 aliphatic carbocycles. The second-order valence-electron chi connectivity index (χ2n) is 7.67. The van der Waals surface area contributed by atoms with Gasteiger partial charge in [0.1, 0.15) is 5.82 Å². The van der Waals surface area contributed by atoms with E-state index in [0.717, 1.165) is 31.2 Å². The Hall–Kier alpha value is -2.46. The van der Waals surface area contributed by atoms with E-state index in [1.165, 1.54) is 10.9 Å². The molecule has 0 radical (unpaired) electrons. The number of anilines is 1. The van der Waals surface area contributed by atoms with Crippen molar-refractivity contribution in [1.82, 2.24) is 9.97 Å². The van der Waals surface area contributed by atoms with Crippen LogP contribution in [0.4, 0.5) is 5.82 Å². The van der Waals surface area contributed by atoms with Crippen LogP contribution in [0.1, 0.15) is 44.1 Å². The average molecular weight is 394 g/mol. The van der Waals surface area contributed by atoms with Crippen molar-refractivity contribution in [1.29, 1.82) is 0 Å². The Balaban J connectivity index is 1.39. The zero-order chi connectivity index (χ0) is 19.5. The summed E-state index contributed by atoms with van der Waals surface area (Å²) in [4.78, 5) is 21.3. The minimum Gasteiger partial charge on any atom is -0.310 e. The van der Waals surface area contributed by atoms with E-state index in [9.17, 15) is 4.79 Å². The molecule has 4 rings (SSSR count).